The van der Waals surface area contributed by atoms with E-state index in [-0.39, 0.29) is 34.4 Å². The third-order valence-electron chi connectivity index (χ3n) is 5.25. The third-order valence-corrected chi connectivity index (χ3v) is 6.52. The van der Waals surface area contributed by atoms with Crippen molar-refractivity contribution in [3.63, 3.8) is 0 Å². The Hall–Kier alpha value is -3.43. The molecule has 176 valence electrons. The number of benzene rings is 2. The van der Waals surface area contributed by atoms with Gasteiger partial charge in [0.25, 0.3) is 11.5 Å². The SMILES string of the molecule is COc1cc(C=c2sc3nc(-c4cccc(C(=O)N(C)CCCF)c4)cn3c2=O)cc(Cl)c1O. The van der Waals surface area contributed by atoms with Crippen LogP contribution in [0, 0.1) is 0 Å². The fraction of sp³-hybridized carbons (Fsp3) is 0.208. The van der Waals surface area contributed by atoms with Gasteiger partial charge < -0.3 is 14.7 Å². The number of phenolic OH excluding ortho intramolecular Hbond substituents is 1. The van der Waals surface area contributed by atoms with E-state index in [1.54, 1.807) is 49.7 Å². The second-order valence-corrected chi connectivity index (χ2v) is 9.01. The van der Waals surface area contributed by atoms with E-state index in [0.717, 1.165) is 0 Å². The number of fused-ring (bicyclic) bond motifs is 1. The first-order chi connectivity index (χ1) is 16.3. The summed E-state index contributed by atoms with van der Waals surface area (Å²) >= 11 is 7.25. The van der Waals surface area contributed by atoms with Crippen molar-refractivity contribution >= 4 is 39.9 Å². The van der Waals surface area contributed by atoms with Gasteiger partial charge in [-0.1, -0.05) is 35.1 Å². The van der Waals surface area contributed by atoms with E-state index in [0.29, 0.717) is 38.4 Å². The van der Waals surface area contributed by atoms with E-state index in [4.69, 9.17) is 16.3 Å². The number of carbonyl (C=O) groups excluding carboxylic acids is 1. The molecule has 4 aromatic rings. The largest absolute Gasteiger partial charge is 0.503 e. The van der Waals surface area contributed by atoms with Crippen LogP contribution in [0.15, 0.2) is 47.4 Å². The zero-order valence-electron chi connectivity index (χ0n) is 18.4. The molecule has 0 radical (unpaired) electrons. The highest BCUT2D eigenvalue weighted by atomic mass is 35.5. The number of hydrogen-bond acceptors (Lipinski definition) is 6. The summed E-state index contributed by atoms with van der Waals surface area (Å²) in [6, 6.07) is 10.1. The third kappa shape index (κ3) is 4.62. The van der Waals surface area contributed by atoms with Crippen LogP contribution in [-0.4, -0.2) is 52.7 Å². The van der Waals surface area contributed by atoms with Crippen molar-refractivity contribution in [2.24, 2.45) is 0 Å². The van der Waals surface area contributed by atoms with Crippen molar-refractivity contribution in [2.75, 3.05) is 27.4 Å². The second kappa shape index (κ2) is 9.82. The lowest BCUT2D eigenvalue weighted by Gasteiger charge is -2.16. The Morgan fingerprint density at radius 3 is 2.85 bits per heavy atom. The molecule has 2 heterocycles. The lowest BCUT2D eigenvalue weighted by Crippen LogP contribution is -2.28. The number of phenols is 1. The van der Waals surface area contributed by atoms with E-state index in [9.17, 15) is 19.1 Å². The van der Waals surface area contributed by atoms with E-state index < -0.39 is 6.67 Å². The Kier molecular flexibility index (Phi) is 6.85. The molecule has 0 aliphatic rings. The maximum atomic E-state index is 12.9. The normalized spacial score (nSPS) is 11.8. The first kappa shape index (κ1) is 23.7. The van der Waals surface area contributed by atoms with Crippen LogP contribution >= 0.6 is 22.9 Å². The van der Waals surface area contributed by atoms with Gasteiger partial charge in [0, 0.05) is 30.9 Å². The van der Waals surface area contributed by atoms with Gasteiger partial charge in [0.15, 0.2) is 16.5 Å². The van der Waals surface area contributed by atoms with Gasteiger partial charge in [-0.3, -0.25) is 18.4 Å². The van der Waals surface area contributed by atoms with Crippen LogP contribution in [0.25, 0.3) is 22.3 Å². The predicted molar refractivity (Wildman–Crippen MR) is 131 cm³/mol. The number of thiazole rings is 1. The summed E-state index contributed by atoms with van der Waals surface area (Å²) < 4.78 is 19.4. The summed E-state index contributed by atoms with van der Waals surface area (Å²) in [6.45, 7) is -0.149. The standard InChI is InChI=1S/C24H21ClFN3O4S/c1-28(8-4-7-26)22(31)16-6-3-5-15(12-16)18-13-29-23(32)20(34-24(29)27-18)11-14-9-17(25)21(30)19(10-14)33-2/h3,5-6,9-13,30H,4,7-8H2,1-2H3. The maximum absolute atomic E-state index is 12.9. The molecular formula is C24H21ClFN3O4S. The van der Waals surface area contributed by atoms with Crippen LogP contribution in [0.1, 0.15) is 22.3 Å². The molecule has 0 atom stereocenters. The average molecular weight is 502 g/mol. The number of ether oxygens (including phenoxy) is 1. The molecule has 0 aliphatic heterocycles. The number of carbonyl (C=O) groups is 1. The van der Waals surface area contributed by atoms with E-state index in [1.165, 1.54) is 27.7 Å². The highest BCUT2D eigenvalue weighted by Crippen LogP contribution is 2.35. The Morgan fingerprint density at radius 1 is 1.35 bits per heavy atom. The van der Waals surface area contributed by atoms with Crippen LogP contribution in [-0.2, 0) is 0 Å². The van der Waals surface area contributed by atoms with Gasteiger partial charge in [-0.15, -0.1) is 0 Å². The van der Waals surface area contributed by atoms with Gasteiger partial charge in [-0.05, 0) is 42.3 Å². The molecule has 0 saturated carbocycles. The van der Waals surface area contributed by atoms with Crippen molar-refractivity contribution in [2.45, 2.75) is 6.42 Å². The fourth-order valence-corrected chi connectivity index (χ4v) is 4.66. The number of aromatic nitrogens is 2. The van der Waals surface area contributed by atoms with E-state index >= 15 is 0 Å². The van der Waals surface area contributed by atoms with E-state index in [2.05, 4.69) is 4.98 Å². The van der Waals surface area contributed by atoms with E-state index in [1.807, 2.05) is 6.07 Å². The molecule has 7 nitrogen and oxygen atoms in total. The lowest BCUT2D eigenvalue weighted by molar-refractivity contribution is 0.0791. The van der Waals surface area contributed by atoms with Crippen LogP contribution in [0.5, 0.6) is 11.5 Å². The van der Waals surface area contributed by atoms with Gasteiger partial charge in [0.1, 0.15) is 0 Å². The van der Waals surface area contributed by atoms with Gasteiger partial charge in [-0.25, -0.2) is 4.98 Å². The zero-order valence-corrected chi connectivity index (χ0v) is 20.0. The zero-order chi connectivity index (χ0) is 24.4. The minimum Gasteiger partial charge on any atom is -0.503 e. The minimum atomic E-state index is -0.479. The molecule has 0 fully saturated rings. The van der Waals surface area contributed by atoms with Gasteiger partial charge >= 0.3 is 0 Å². The van der Waals surface area contributed by atoms with Gasteiger partial charge in [0.05, 0.1) is 29.0 Å². The van der Waals surface area contributed by atoms with Gasteiger partial charge in [-0.2, -0.15) is 0 Å². The van der Waals surface area contributed by atoms with Crippen LogP contribution in [0.3, 0.4) is 0 Å². The highest BCUT2D eigenvalue weighted by molar-refractivity contribution is 7.15. The smallest absolute Gasteiger partial charge is 0.274 e. The number of hydrogen-bond donors (Lipinski definition) is 1. The molecule has 1 amide bonds. The molecule has 34 heavy (non-hydrogen) atoms. The molecule has 0 unspecified atom stereocenters. The summed E-state index contributed by atoms with van der Waals surface area (Å²) in [4.78, 5) is 32.1. The number of rotatable bonds is 7. The lowest BCUT2D eigenvalue weighted by atomic mass is 10.1. The number of nitrogens with zero attached hydrogens (tertiary/aromatic N) is 3. The molecular weight excluding hydrogens is 481 g/mol. The highest BCUT2D eigenvalue weighted by Gasteiger charge is 2.15. The second-order valence-electron chi connectivity index (χ2n) is 7.60. The summed E-state index contributed by atoms with van der Waals surface area (Å²) in [5, 5.41) is 10.0. The summed E-state index contributed by atoms with van der Waals surface area (Å²) in [5.41, 5.74) is 2.07. The van der Waals surface area contributed by atoms with Gasteiger partial charge in [0.2, 0.25) is 0 Å². The number of imidazole rings is 1. The predicted octanol–water partition coefficient (Wildman–Crippen LogP) is 3.77. The van der Waals surface area contributed by atoms with Crippen molar-refractivity contribution in [1.29, 1.82) is 0 Å². The van der Waals surface area contributed by atoms with Crippen molar-refractivity contribution in [1.82, 2.24) is 14.3 Å². The molecule has 4 rings (SSSR count). The number of amides is 1. The number of alkyl halides is 1. The molecule has 1 N–H and O–H groups in total. The summed E-state index contributed by atoms with van der Waals surface area (Å²) in [7, 11) is 3.05. The van der Waals surface area contributed by atoms with Crippen LogP contribution < -0.4 is 14.8 Å². The Bertz CT molecular complexity index is 1480. The van der Waals surface area contributed by atoms with Crippen molar-refractivity contribution < 1.29 is 19.0 Å². The number of aromatic hydroxyl groups is 1. The quantitative estimate of drug-likeness (QED) is 0.417. The summed E-state index contributed by atoms with van der Waals surface area (Å²) in [6.07, 6.45) is 3.57. The average Bonchev–Trinajstić information content (AvgIpc) is 3.38. The molecule has 0 saturated heterocycles. The molecule has 0 bridgehead atoms. The molecule has 2 aromatic heterocycles. The fourth-order valence-electron chi connectivity index (χ4n) is 3.49. The Labute approximate surface area is 203 Å². The number of methoxy groups -OCH3 is 1. The van der Waals surface area contributed by atoms with Crippen LogP contribution in [0.2, 0.25) is 5.02 Å². The molecule has 0 spiro atoms. The first-order valence-corrected chi connectivity index (χ1v) is 11.5. The van der Waals surface area contributed by atoms with Crippen molar-refractivity contribution in [3.8, 4) is 22.8 Å². The molecule has 10 heteroatoms. The summed E-state index contributed by atoms with van der Waals surface area (Å²) in [5.74, 6) is -0.163. The van der Waals surface area contributed by atoms with Crippen LogP contribution in [0.4, 0.5) is 4.39 Å². The monoisotopic (exact) mass is 501 g/mol. The Balaban J connectivity index is 1.67. The van der Waals surface area contributed by atoms with Crippen molar-refractivity contribution in [3.05, 3.63) is 73.6 Å². The molecule has 2 aromatic carbocycles. The maximum Gasteiger partial charge on any atom is 0.274 e. The molecule has 0 aliphatic carbocycles. The first-order valence-electron chi connectivity index (χ1n) is 10.3. The number of halogens is 2. The Morgan fingerprint density at radius 2 is 2.15 bits per heavy atom. The minimum absolute atomic E-state index is 0.117. The topological polar surface area (TPSA) is 84.1 Å².